The van der Waals surface area contributed by atoms with Crippen LogP contribution in [0.15, 0.2) is 18.2 Å². The van der Waals surface area contributed by atoms with Crippen molar-refractivity contribution in [2.24, 2.45) is 5.92 Å². The summed E-state index contributed by atoms with van der Waals surface area (Å²) < 4.78 is 0. The molecule has 0 unspecified atom stereocenters. The van der Waals surface area contributed by atoms with Crippen LogP contribution in [0, 0.1) is 17.2 Å². The van der Waals surface area contributed by atoms with E-state index in [1.54, 1.807) is 0 Å². The second-order valence-electron chi connectivity index (χ2n) is 4.02. The van der Waals surface area contributed by atoms with Crippen LogP contribution in [-0.4, -0.2) is 0 Å². The van der Waals surface area contributed by atoms with E-state index in [0.29, 0.717) is 11.3 Å². The van der Waals surface area contributed by atoms with Gasteiger partial charge in [0.05, 0.1) is 5.56 Å². The fourth-order valence-electron chi connectivity index (χ4n) is 1.63. The molecule has 14 heavy (non-hydrogen) atoms. The third-order valence-electron chi connectivity index (χ3n) is 2.78. The van der Waals surface area contributed by atoms with Crippen LogP contribution in [0.1, 0.15) is 30.4 Å². The molecule has 0 aliphatic heterocycles. The number of nitrogens with two attached hydrogens (primary N) is 1. The Hall–Kier alpha value is -1.49. The maximum atomic E-state index is 8.80. The van der Waals surface area contributed by atoms with Crippen molar-refractivity contribution < 1.29 is 0 Å². The highest BCUT2D eigenvalue weighted by Crippen LogP contribution is 2.33. The van der Waals surface area contributed by atoms with Gasteiger partial charge in [0.1, 0.15) is 6.07 Å². The molecular formula is C12H14N2. The highest BCUT2D eigenvalue weighted by molar-refractivity contribution is 5.55. The largest absolute Gasteiger partial charge is 0.398 e. The summed E-state index contributed by atoms with van der Waals surface area (Å²) in [6.07, 6.45) is 5.12. The minimum absolute atomic E-state index is 0.586. The molecule has 1 aromatic rings. The van der Waals surface area contributed by atoms with Gasteiger partial charge in [0.15, 0.2) is 0 Å². The van der Waals surface area contributed by atoms with Crippen LogP contribution in [0.4, 0.5) is 5.69 Å². The molecule has 2 heteroatoms. The van der Waals surface area contributed by atoms with E-state index in [0.717, 1.165) is 12.3 Å². The van der Waals surface area contributed by atoms with E-state index < -0.39 is 0 Å². The van der Waals surface area contributed by atoms with Gasteiger partial charge in [-0.1, -0.05) is 18.9 Å². The predicted molar refractivity (Wildman–Crippen MR) is 56.6 cm³/mol. The number of benzene rings is 1. The zero-order valence-electron chi connectivity index (χ0n) is 8.16. The SMILES string of the molecule is N#Cc1cc(CCC2CC2)ccc1N. The van der Waals surface area contributed by atoms with Gasteiger partial charge in [-0.25, -0.2) is 0 Å². The van der Waals surface area contributed by atoms with Crippen LogP contribution in [0.5, 0.6) is 0 Å². The highest BCUT2D eigenvalue weighted by Gasteiger charge is 2.20. The molecule has 1 aromatic carbocycles. The maximum absolute atomic E-state index is 8.80. The van der Waals surface area contributed by atoms with Crippen LogP contribution >= 0.6 is 0 Å². The summed E-state index contributed by atoms with van der Waals surface area (Å²) in [5, 5.41) is 8.80. The molecule has 0 radical (unpaired) electrons. The molecule has 1 aliphatic rings. The number of nitriles is 1. The van der Waals surface area contributed by atoms with Gasteiger partial charge in [-0.2, -0.15) is 5.26 Å². The number of nitrogens with zero attached hydrogens (tertiary/aromatic N) is 1. The zero-order chi connectivity index (χ0) is 9.97. The minimum atomic E-state index is 0.586. The average Bonchev–Trinajstić information content (AvgIpc) is 3.00. The van der Waals surface area contributed by atoms with Gasteiger partial charge in [0, 0.05) is 5.69 Å². The number of rotatable bonds is 3. The predicted octanol–water partition coefficient (Wildman–Crippen LogP) is 2.48. The van der Waals surface area contributed by atoms with E-state index in [9.17, 15) is 0 Å². The molecule has 0 aromatic heterocycles. The first-order valence-corrected chi connectivity index (χ1v) is 5.08. The Morgan fingerprint density at radius 3 is 2.86 bits per heavy atom. The summed E-state index contributed by atoms with van der Waals surface area (Å²) in [4.78, 5) is 0. The molecule has 2 rings (SSSR count). The van der Waals surface area contributed by atoms with E-state index in [2.05, 4.69) is 6.07 Å². The Morgan fingerprint density at radius 2 is 2.21 bits per heavy atom. The Balaban J connectivity index is 2.06. The van der Waals surface area contributed by atoms with E-state index in [-0.39, 0.29) is 0 Å². The van der Waals surface area contributed by atoms with Crippen LogP contribution in [0.25, 0.3) is 0 Å². The van der Waals surface area contributed by atoms with E-state index in [4.69, 9.17) is 11.0 Å². The van der Waals surface area contributed by atoms with Crippen LogP contribution in [-0.2, 0) is 6.42 Å². The molecule has 0 bridgehead atoms. The molecule has 2 N–H and O–H groups in total. The first kappa shape index (κ1) is 9.08. The van der Waals surface area contributed by atoms with Crippen LogP contribution < -0.4 is 5.73 Å². The summed E-state index contributed by atoms with van der Waals surface area (Å²) in [6, 6.07) is 7.89. The van der Waals surface area contributed by atoms with E-state index in [1.807, 2.05) is 18.2 Å². The molecule has 0 heterocycles. The monoisotopic (exact) mass is 186 g/mol. The second-order valence-corrected chi connectivity index (χ2v) is 4.02. The maximum Gasteiger partial charge on any atom is 0.101 e. The van der Waals surface area contributed by atoms with E-state index in [1.165, 1.54) is 24.8 Å². The Labute approximate surface area is 84.3 Å². The smallest absolute Gasteiger partial charge is 0.101 e. The number of hydrogen-bond donors (Lipinski definition) is 1. The summed E-state index contributed by atoms with van der Waals surface area (Å²) in [7, 11) is 0. The molecule has 2 nitrogen and oxygen atoms in total. The first-order valence-electron chi connectivity index (χ1n) is 5.08. The minimum Gasteiger partial charge on any atom is -0.398 e. The van der Waals surface area contributed by atoms with Crippen molar-refractivity contribution >= 4 is 5.69 Å². The summed E-state index contributed by atoms with van der Waals surface area (Å²) in [5.41, 5.74) is 8.08. The topological polar surface area (TPSA) is 49.8 Å². The molecule has 0 saturated heterocycles. The Bertz CT molecular complexity index is 372. The fraction of sp³-hybridized carbons (Fsp3) is 0.417. The normalized spacial score (nSPS) is 15.1. The third-order valence-corrected chi connectivity index (χ3v) is 2.78. The molecule has 72 valence electrons. The quantitative estimate of drug-likeness (QED) is 0.737. The first-order chi connectivity index (χ1) is 6.79. The zero-order valence-corrected chi connectivity index (χ0v) is 8.16. The third kappa shape index (κ3) is 2.05. The van der Waals surface area contributed by atoms with Gasteiger partial charge >= 0.3 is 0 Å². The molecule has 1 aliphatic carbocycles. The number of hydrogen-bond acceptors (Lipinski definition) is 2. The van der Waals surface area contributed by atoms with Crippen molar-refractivity contribution in [2.75, 3.05) is 5.73 Å². The Morgan fingerprint density at radius 1 is 1.43 bits per heavy atom. The second kappa shape index (κ2) is 3.71. The van der Waals surface area contributed by atoms with Crippen LogP contribution in [0.3, 0.4) is 0 Å². The highest BCUT2D eigenvalue weighted by atomic mass is 14.6. The van der Waals surface area contributed by atoms with Gasteiger partial charge in [-0.05, 0) is 36.5 Å². The molecule has 1 saturated carbocycles. The molecule has 0 spiro atoms. The van der Waals surface area contributed by atoms with E-state index >= 15 is 0 Å². The van der Waals surface area contributed by atoms with Gasteiger partial charge in [0.25, 0.3) is 0 Å². The van der Waals surface area contributed by atoms with Crippen molar-refractivity contribution in [2.45, 2.75) is 25.7 Å². The average molecular weight is 186 g/mol. The Kier molecular flexibility index (Phi) is 2.41. The number of anilines is 1. The lowest BCUT2D eigenvalue weighted by Gasteiger charge is -2.02. The van der Waals surface area contributed by atoms with Gasteiger partial charge in [0.2, 0.25) is 0 Å². The summed E-state index contributed by atoms with van der Waals surface area (Å²) >= 11 is 0. The van der Waals surface area contributed by atoms with Crippen molar-refractivity contribution in [1.82, 2.24) is 0 Å². The molecule has 1 fully saturated rings. The van der Waals surface area contributed by atoms with Crippen molar-refractivity contribution in [3.63, 3.8) is 0 Å². The summed E-state index contributed by atoms with van der Waals surface area (Å²) in [5.74, 6) is 0.943. The van der Waals surface area contributed by atoms with Crippen molar-refractivity contribution in [3.8, 4) is 6.07 Å². The van der Waals surface area contributed by atoms with Crippen LogP contribution in [0.2, 0.25) is 0 Å². The van der Waals surface area contributed by atoms with Crippen molar-refractivity contribution in [3.05, 3.63) is 29.3 Å². The standard InChI is InChI=1S/C12H14N2/c13-8-11-7-10(5-6-12(11)14)4-3-9-1-2-9/h5-7,9H,1-4,14H2. The number of aryl methyl sites for hydroxylation is 1. The molecular weight excluding hydrogens is 172 g/mol. The van der Waals surface area contributed by atoms with Gasteiger partial charge in [-0.3, -0.25) is 0 Å². The molecule has 0 atom stereocenters. The fourth-order valence-corrected chi connectivity index (χ4v) is 1.63. The lowest BCUT2D eigenvalue weighted by Crippen LogP contribution is -1.93. The lowest BCUT2D eigenvalue weighted by atomic mass is 10.0. The van der Waals surface area contributed by atoms with Crippen molar-refractivity contribution in [1.29, 1.82) is 5.26 Å². The summed E-state index contributed by atoms with van der Waals surface area (Å²) in [6.45, 7) is 0. The van der Waals surface area contributed by atoms with Gasteiger partial charge in [-0.15, -0.1) is 0 Å². The lowest BCUT2D eigenvalue weighted by molar-refractivity contribution is 0.727. The molecule has 0 amide bonds. The number of nitrogen functional groups attached to an aromatic ring is 1. The van der Waals surface area contributed by atoms with Gasteiger partial charge < -0.3 is 5.73 Å².